The van der Waals surface area contributed by atoms with Crippen molar-refractivity contribution in [1.82, 2.24) is 15.0 Å². The maximum absolute atomic E-state index is 12.9. The number of rotatable bonds is 4. The van der Waals surface area contributed by atoms with E-state index in [0.29, 0.717) is 35.1 Å². The Bertz CT molecular complexity index is 952. The Morgan fingerprint density at radius 2 is 2.08 bits per heavy atom. The van der Waals surface area contributed by atoms with E-state index in [1.165, 1.54) is 11.8 Å². The molecule has 7 heteroatoms. The molecule has 1 aliphatic carbocycles. The zero-order valence-electron chi connectivity index (χ0n) is 14.1. The van der Waals surface area contributed by atoms with E-state index >= 15 is 0 Å². The van der Waals surface area contributed by atoms with E-state index < -0.39 is 0 Å². The van der Waals surface area contributed by atoms with Gasteiger partial charge in [-0.1, -0.05) is 23.9 Å². The highest BCUT2D eigenvalue weighted by Gasteiger charge is 2.42. The van der Waals surface area contributed by atoms with E-state index in [2.05, 4.69) is 26.8 Å². The number of anilines is 1. The molecule has 3 heterocycles. The van der Waals surface area contributed by atoms with Crippen molar-refractivity contribution in [3.63, 3.8) is 0 Å². The number of nitrogens with one attached hydrogen (secondary N) is 2. The van der Waals surface area contributed by atoms with Gasteiger partial charge in [0.25, 0.3) is 5.56 Å². The van der Waals surface area contributed by atoms with Crippen molar-refractivity contribution in [3.8, 4) is 0 Å². The molecule has 2 atom stereocenters. The SMILES string of the molecule is C=CCSc1nc2c(c(=O)[nH]1)[C@H](c1ccncc1)[C@H]1C(=O)CCC=C1N2. The molecule has 0 fully saturated rings. The molecule has 26 heavy (non-hydrogen) atoms. The number of pyridine rings is 1. The normalized spacial score (nSPS) is 21.2. The van der Waals surface area contributed by atoms with E-state index in [4.69, 9.17) is 0 Å². The molecule has 0 aromatic carbocycles. The van der Waals surface area contributed by atoms with Crippen molar-refractivity contribution in [2.24, 2.45) is 5.92 Å². The summed E-state index contributed by atoms with van der Waals surface area (Å²) in [6.45, 7) is 3.69. The highest BCUT2D eigenvalue weighted by Crippen LogP contribution is 2.44. The van der Waals surface area contributed by atoms with E-state index in [-0.39, 0.29) is 23.2 Å². The fraction of sp³-hybridized carbons (Fsp3) is 0.263. The van der Waals surface area contributed by atoms with Gasteiger partial charge in [0.1, 0.15) is 11.6 Å². The zero-order chi connectivity index (χ0) is 18.1. The molecule has 0 unspecified atom stereocenters. The lowest BCUT2D eigenvalue weighted by Crippen LogP contribution is -2.38. The standard InChI is InChI=1S/C19H18N4O2S/c1-2-10-26-19-22-17-16(18(25)23-19)14(11-6-8-20-9-7-11)15-12(21-17)4-3-5-13(15)24/h2,4,6-9,14-15H,1,3,5,10H2,(H2,21,22,23,25)/t14-,15-/m1/s1. The molecule has 2 aromatic heterocycles. The molecule has 0 saturated carbocycles. The number of aromatic nitrogens is 3. The summed E-state index contributed by atoms with van der Waals surface area (Å²) in [6.07, 6.45) is 8.37. The van der Waals surface area contributed by atoms with Gasteiger partial charge in [0.05, 0.1) is 11.5 Å². The Labute approximate surface area is 154 Å². The van der Waals surface area contributed by atoms with Crippen LogP contribution in [0.4, 0.5) is 5.82 Å². The first-order valence-corrected chi connectivity index (χ1v) is 9.45. The van der Waals surface area contributed by atoms with Crippen LogP contribution >= 0.6 is 11.8 Å². The Kier molecular flexibility index (Phi) is 4.46. The monoisotopic (exact) mass is 366 g/mol. The summed E-state index contributed by atoms with van der Waals surface area (Å²) in [6, 6.07) is 3.72. The Hall–Kier alpha value is -2.67. The summed E-state index contributed by atoms with van der Waals surface area (Å²) in [5, 5.41) is 3.78. The second-order valence-corrected chi connectivity index (χ2v) is 7.27. The van der Waals surface area contributed by atoms with Gasteiger partial charge < -0.3 is 10.3 Å². The maximum Gasteiger partial charge on any atom is 0.257 e. The average Bonchev–Trinajstić information content (AvgIpc) is 2.65. The molecule has 0 radical (unpaired) electrons. The molecule has 0 spiro atoms. The van der Waals surface area contributed by atoms with Crippen LogP contribution in [-0.4, -0.2) is 26.5 Å². The third kappa shape index (κ3) is 2.88. The number of thioether (sulfide) groups is 1. The first kappa shape index (κ1) is 16.8. The van der Waals surface area contributed by atoms with Gasteiger partial charge in [-0.3, -0.25) is 14.6 Å². The molecular formula is C19H18N4O2S. The van der Waals surface area contributed by atoms with Crippen LogP contribution < -0.4 is 10.9 Å². The number of fused-ring (bicyclic) bond motifs is 2. The lowest BCUT2D eigenvalue weighted by molar-refractivity contribution is -0.122. The second kappa shape index (κ2) is 6.92. The Morgan fingerprint density at radius 1 is 1.27 bits per heavy atom. The molecule has 132 valence electrons. The first-order valence-electron chi connectivity index (χ1n) is 8.46. The van der Waals surface area contributed by atoms with Crippen LogP contribution in [0.15, 0.2) is 58.9 Å². The lowest BCUT2D eigenvalue weighted by Gasteiger charge is -2.36. The smallest absolute Gasteiger partial charge is 0.257 e. The highest BCUT2D eigenvalue weighted by atomic mass is 32.2. The van der Waals surface area contributed by atoms with Gasteiger partial charge in [0.2, 0.25) is 0 Å². The number of H-pyrrole nitrogens is 1. The summed E-state index contributed by atoms with van der Waals surface area (Å²) in [5.74, 6) is 0.585. The van der Waals surface area contributed by atoms with Gasteiger partial charge in [-0.05, 0) is 24.1 Å². The van der Waals surface area contributed by atoms with Gasteiger partial charge in [0.15, 0.2) is 5.16 Å². The van der Waals surface area contributed by atoms with Gasteiger partial charge in [-0.2, -0.15) is 0 Å². The number of allylic oxidation sites excluding steroid dienone is 2. The number of carbonyl (C=O) groups excluding carboxylic acids is 1. The molecule has 2 aromatic rings. The number of ketones is 1. The minimum Gasteiger partial charge on any atom is -0.343 e. The lowest BCUT2D eigenvalue weighted by atomic mass is 9.72. The number of Topliss-reactive ketones (excluding diaryl/α,β-unsaturated/α-hetero) is 1. The molecule has 6 nitrogen and oxygen atoms in total. The third-order valence-corrected chi connectivity index (χ3v) is 5.55. The van der Waals surface area contributed by atoms with Crippen molar-refractivity contribution in [2.45, 2.75) is 23.9 Å². The average molecular weight is 366 g/mol. The fourth-order valence-corrected chi connectivity index (χ4v) is 4.20. The van der Waals surface area contributed by atoms with Crippen LogP contribution in [0.2, 0.25) is 0 Å². The molecule has 0 amide bonds. The van der Waals surface area contributed by atoms with E-state index in [9.17, 15) is 9.59 Å². The first-order chi connectivity index (χ1) is 12.7. The zero-order valence-corrected chi connectivity index (χ0v) is 14.9. The quantitative estimate of drug-likeness (QED) is 0.491. The summed E-state index contributed by atoms with van der Waals surface area (Å²) >= 11 is 1.41. The summed E-state index contributed by atoms with van der Waals surface area (Å²) < 4.78 is 0. The molecule has 2 aliphatic rings. The predicted molar refractivity (Wildman–Crippen MR) is 101 cm³/mol. The van der Waals surface area contributed by atoms with Crippen LogP contribution in [0.3, 0.4) is 0 Å². The van der Waals surface area contributed by atoms with Crippen LogP contribution in [0, 0.1) is 5.92 Å². The topological polar surface area (TPSA) is 87.7 Å². The van der Waals surface area contributed by atoms with E-state index in [1.54, 1.807) is 18.5 Å². The van der Waals surface area contributed by atoms with Gasteiger partial charge >= 0.3 is 0 Å². The number of carbonyl (C=O) groups is 1. The number of nitrogens with zero attached hydrogens (tertiary/aromatic N) is 2. The number of hydrogen-bond donors (Lipinski definition) is 2. The molecule has 0 saturated heterocycles. The van der Waals surface area contributed by atoms with Crippen molar-refractivity contribution < 1.29 is 4.79 Å². The fourth-order valence-electron chi connectivity index (χ4n) is 3.61. The third-order valence-electron chi connectivity index (χ3n) is 4.68. The summed E-state index contributed by atoms with van der Waals surface area (Å²) in [4.78, 5) is 37.1. The molecule has 0 bridgehead atoms. The van der Waals surface area contributed by atoms with E-state index in [1.807, 2.05) is 18.2 Å². The Balaban J connectivity index is 1.90. The van der Waals surface area contributed by atoms with Crippen LogP contribution in [0.1, 0.15) is 29.9 Å². The van der Waals surface area contributed by atoms with Gasteiger partial charge in [-0.25, -0.2) is 4.98 Å². The highest BCUT2D eigenvalue weighted by molar-refractivity contribution is 7.99. The molecule has 1 aliphatic heterocycles. The summed E-state index contributed by atoms with van der Waals surface area (Å²) in [5.41, 5.74) is 2.03. The molecule has 2 N–H and O–H groups in total. The minimum atomic E-state index is -0.381. The van der Waals surface area contributed by atoms with Crippen LogP contribution in [-0.2, 0) is 4.79 Å². The minimum absolute atomic E-state index is 0.145. The van der Waals surface area contributed by atoms with Crippen LogP contribution in [0.5, 0.6) is 0 Å². The number of aromatic amines is 1. The predicted octanol–water partition coefficient (Wildman–Crippen LogP) is 2.86. The second-order valence-electron chi connectivity index (χ2n) is 6.26. The van der Waals surface area contributed by atoms with Gasteiger partial charge in [0, 0.05) is 36.2 Å². The van der Waals surface area contributed by atoms with Crippen molar-refractivity contribution in [2.75, 3.05) is 11.1 Å². The van der Waals surface area contributed by atoms with Gasteiger partial charge in [-0.15, -0.1) is 6.58 Å². The summed E-state index contributed by atoms with van der Waals surface area (Å²) in [7, 11) is 0. The molecular weight excluding hydrogens is 348 g/mol. The van der Waals surface area contributed by atoms with E-state index in [0.717, 1.165) is 11.3 Å². The van der Waals surface area contributed by atoms with Crippen molar-refractivity contribution in [1.29, 1.82) is 0 Å². The van der Waals surface area contributed by atoms with Crippen LogP contribution in [0.25, 0.3) is 0 Å². The Morgan fingerprint density at radius 3 is 2.85 bits per heavy atom. The maximum atomic E-state index is 12.9. The molecule has 4 rings (SSSR count). The van der Waals surface area contributed by atoms with Crippen molar-refractivity contribution in [3.05, 3.63) is 70.4 Å². The van der Waals surface area contributed by atoms with Crippen molar-refractivity contribution >= 4 is 23.4 Å². The largest absolute Gasteiger partial charge is 0.343 e. The number of hydrogen-bond acceptors (Lipinski definition) is 6.